The summed E-state index contributed by atoms with van der Waals surface area (Å²) < 4.78 is 27.3. The molecule has 0 aliphatic heterocycles. The van der Waals surface area contributed by atoms with Gasteiger partial charge in [0.25, 0.3) is 15.7 Å². The molecule has 3 rings (SSSR count). The molecule has 0 bridgehead atoms. The average Bonchev–Trinajstić information content (AvgIpc) is 3.39. The number of hydrogen-bond donors (Lipinski definition) is 2. The quantitative estimate of drug-likeness (QED) is 0.606. The highest BCUT2D eigenvalue weighted by Gasteiger charge is 2.29. The molecule has 1 aliphatic rings. The predicted molar refractivity (Wildman–Crippen MR) is 91.7 cm³/mol. The lowest BCUT2D eigenvalue weighted by Gasteiger charge is -2.10. The van der Waals surface area contributed by atoms with Crippen LogP contribution in [0, 0.1) is 16.0 Å². The van der Waals surface area contributed by atoms with Gasteiger partial charge < -0.3 is 5.32 Å². The molecule has 130 valence electrons. The molecule has 9 heteroatoms. The van der Waals surface area contributed by atoms with Gasteiger partial charge in [0.1, 0.15) is 0 Å². The van der Waals surface area contributed by atoms with Gasteiger partial charge in [0.2, 0.25) is 5.91 Å². The maximum absolute atomic E-state index is 12.5. The van der Waals surface area contributed by atoms with Crippen molar-refractivity contribution in [2.45, 2.75) is 17.7 Å². The Morgan fingerprint density at radius 2 is 1.76 bits per heavy atom. The number of rotatable bonds is 6. The minimum atomic E-state index is -4.14. The molecule has 0 unspecified atom stereocenters. The summed E-state index contributed by atoms with van der Waals surface area (Å²) in [5.41, 5.74) is 0.152. The maximum atomic E-state index is 12.5. The van der Waals surface area contributed by atoms with Gasteiger partial charge in [0.15, 0.2) is 4.90 Å². The van der Waals surface area contributed by atoms with Crippen molar-refractivity contribution in [3.8, 4) is 0 Å². The first-order valence-electron chi connectivity index (χ1n) is 7.54. The third kappa shape index (κ3) is 3.94. The summed E-state index contributed by atoms with van der Waals surface area (Å²) in [5.74, 6) is -0.0778. The second-order valence-electron chi connectivity index (χ2n) is 5.67. The van der Waals surface area contributed by atoms with Crippen LogP contribution in [0.15, 0.2) is 53.4 Å². The number of sulfonamides is 1. The minimum Gasteiger partial charge on any atom is -0.326 e. The fourth-order valence-electron chi connectivity index (χ4n) is 2.30. The third-order valence-electron chi connectivity index (χ3n) is 3.68. The van der Waals surface area contributed by atoms with Gasteiger partial charge >= 0.3 is 0 Å². The number of benzene rings is 2. The van der Waals surface area contributed by atoms with Crippen molar-refractivity contribution < 1.29 is 18.1 Å². The Morgan fingerprint density at radius 3 is 2.44 bits per heavy atom. The molecule has 0 saturated heterocycles. The lowest BCUT2D eigenvalue weighted by molar-refractivity contribution is -0.387. The number of nitro benzene ring substituents is 1. The van der Waals surface area contributed by atoms with Crippen LogP contribution < -0.4 is 10.0 Å². The molecule has 0 heterocycles. The number of hydrogen-bond acceptors (Lipinski definition) is 5. The number of carbonyl (C=O) groups is 1. The molecule has 2 aromatic rings. The molecule has 25 heavy (non-hydrogen) atoms. The number of nitrogens with zero attached hydrogens (tertiary/aromatic N) is 1. The van der Waals surface area contributed by atoms with Crippen molar-refractivity contribution in [1.82, 2.24) is 0 Å². The van der Waals surface area contributed by atoms with Crippen molar-refractivity contribution in [2.24, 2.45) is 5.92 Å². The number of nitro groups is 1. The summed E-state index contributed by atoms with van der Waals surface area (Å²) in [6.45, 7) is 0. The van der Waals surface area contributed by atoms with Crippen molar-refractivity contribution >= 4 is 33.0 Å². The Hall–Kier alpha value is -2.94. The van der Waals surface area contributed by atoms with Gasteiger partial charge in [0.05, 0.1) is 10.6 Å². The zero-order chi connectivity index (χ0) is 18.0. The smallest absolute Gasteiger partial charge is 0.289 e. The first-order valence-corrected chi connectivity index (χ1v) is 9.02. The average molecular weight is 361 g/mol. The summed E-state index contributed by atoms with van der Waals surface area (Å²) >= 11 is 0. The summed E-state index contributed by atoms with van der Waals surface area (Å²) in [4.78, 5) is 21.6. The van der Waals surface area contributed by atoms with E-state index in [9.17, 15) is 23.3 Å². The van der Waals surface area contributed by atoms with E-state index < -0.39 is 25.5 Å². The van der Waals surface area contributed by atoms with E-state index >= 15 is 0 Å². The Morgan fingerprint density at radius 1 is 1.08 bits per heavy atom. The van der Waals surface area contributed by atoms with Gasteiger partial charge in [-0.2, -0.15) is 0 Å². The zero-order valence-electron chi connectivity index (χ0n) is 13.0. The molecular formula is C16H15N3O5S. The van der Waals surface area contributed by atoms with Crippen molar-refractivity contribution in [3.05, 3.63) is 58.6 Å². The first kappa shape index (κ1) is 16.9. The lowest BCUT2D eigenvalue weighted by Crippen LogP contribution is -2.16. The van der Waals surface area contributed by atoms with Crippen LogP contribution in [0.4, 0.5) is 17.1 Å². The molecule has 1 fully saturated rings. The van der Waals surface area contributed by atoms with Gasteiger partial charge in [-0.1, -0.05) is 18.2 Å². The fourth-order valence-corrected chi connectivity index (χ4v) is 3.52. The molecule has 1 saturated carbocycles. The van der Waals surface area contributed by atoms with E-state index in [1.807, 2.05) is 0 Å². The monoisotopic (exact) mass is 361 g/mol. The van der Waals surface area contributed by atoms with Crippen LogP contribution in [0.1, 0.15) is 12.8 Å². The van der Waals surface area contributed by atoms with Crippen molar-refractivity contribution in [3.63, 3.8) is 0 Å². The molecule has 1 aliphatic carbocycles. The lowest BCUT2D eigenvalue weighted by atomic mass is 10.2. The van der Waals surface area contributed by atoms with Gasteiger partial charge in [-0.15, -0.1) is 0 Å². The van der Waals surface area contributed by atoms with E-state index in [1.54, 1.807) is 12.1 Å². The van der Waals surface area contributed by atoms with E-state index in [1.165, 1.54) is 30.3 Å². The molecule has 0 radical (unpaired) electrons. The second-order valence-corrected chi connectivity index (χ2v) is 7.33. The topological polar surface area (TPSA) is 118 Å². The number of para-hydroxylation sites is 1. The Balaban J connectivity index is 1.84. The highest BCUT2D eigenvalue weighted by molar-refractivity contribution is 7.92. The van der Waals surface area contributed by atoms with Crippen LogP contribution in [0.3, 0.4) is 0 Å². The molecule has 2 aromatic carbocycles. The zero-order valence-corrected chi connectivity index (χ0v) is 13.8. The summed E-state index contributed by atoms with van der Waals surface area (Å²) in [6.07, 6.45) is 1.71. The molecule has 2 N–H and O–H groups in total. The fraction of sp³-hybridized carbons (Fsp3) is 0.188. The van der Waals surface area contributed by atoms with Crippen LogP contribution in [0.5, 0.6) is 0 Å². The van der Waals surface area contributed by atoms with Gasteiger partial charge in [-0.25, -0.2) is 8.42 Å². The van der Waals surface area contributed by atoms with Crippen molar-refractivity contribution in [2.75, 3.05) is 10.0 Å². The number of carbonyl (C=O) groups excluding carboxylic acids is 1. The normalized spacial score (nSPS) is 13.9. The molecular weight excluding hydrogens is 346 g/mol. The van der Waals surface area contributed by atoms with Gasteiger partial charge in [0, 0.05) is 17.7 Å². The number of amides is 1. The summed E-state index contributed by atoms with van der Waals surface area (Å²) in [5, 5.41) is 13.7. The molecule has 8 nitrogen and oxygen atoms in total. The number of anilines is 2. The SMILES string of the molecule is O=C(Nc1cccc(NS(=O)(=O)c2ccccc2[N+](=O)[O-])c1)C1CC1. The highest BCUT2D eigenvalue weighted by Crippen LogP contribution is 2.31. The maximum Gasteiger partial charge on any atom is 0.289 e. The minimum absolute atomic E-state index is 0.0207. The van der Waals surface area contributed by atoms with Crippen LogP contribution in [-0.2, 0) is 14.8 Å². The molecule has 1 amide bonds. The summed E-state index contributed by atoms with van der Waals surface area (Å²) in [7, 11) is -4.14. The van der Waals surface area contributed by atoms with Crippen LogP contribution in [0.25, 0.3) is 0 Å². The Bertz CT molecular complexity index is 938. The largest absolute Gasteiger partial charge is 0.326 e. The Kier molecular flexibility index (Phi) is 4.41. The standard InChI is InChI=1S/C16H15N3O5S/c20-16(11-8-9-11)17-12-4-3-5-13(10-12)18-25(23,24)15-7-2-1-6-14(15)19(21)22/h1-7,10-11,18H,8-9H2,(H,17,20). The van der Waals surface area contributed by atoms with E-state index in [2.05, 4.69) is 10.0 Å². The summed E-state index contributed by atoms with van der Waals surface area (Å²) in [6, 6.07) is 11.3. The first-order chi connectivity index (χ1) is 11.9. The molecule has 0 aromatic heterocycles. The van der Waals surface area contributed by atoms with E-state index in [0.29, 0.717) is 5.69 Å². The second kappa shape index (κ2) is 6.52. The Labute approximate surface area is 144 Å². The van der Waals surface area contributed by atoms with E-state index in [4.69, 9.17) is 0 Å². The highest BCUT2D eigenvalue weighted by atomic mass is 32.2. The van der Waals surface area contributed by atoms with Gasteiger partial charge in [-0.05, 0) is 37.1 Å². The van der Waals surface area contributed by atoms with Crippen LogP contribution in [0.2, 0.25) is 0 Å². The number of nitrogens with one attached hydrogen (secondary N) is 2. The predicted octanol–water partition coefficient (Wildman–Crippen LogP) is 2.74. The van der Waals surface area contributed by atoms with Gasteiger partial charge in [-0.3, -0.25) is 19.6 Å². The van der Waals surface area contributed by atoms with E-state index in [-0.39, 0.29) is 17.5 Å². The van der Waals surface area contributed by atoms with Crippen LogP contribution >= 0.6 is 0 Å². The van der Waals surface area contributed by atoms with Crippen LogP contribution in [-0.4, -0.2) is 19.2 Å². The molecule has 0 spiro atoms. The molecule has 0 atom stereocenters. The van der Waals surface area contributed by atoms with E-state index in [0.717, 1.165) is 18.9 Å². The van der Waals surface area contributed by atoms with Crippen molar-refractivity contribution in [1.29, 1.82) is 0 Å². The third-order valence-corrected chi connectivity index (χ3v) is 5.11.